The standard InChI is InChI=1S/C16H21NO3/c1-14(2)12-5-6-16(19-7-8-20-16)10-15(12,3)9-11(17-4)13(14)18/h5,11H,6-10H2,1-3H3/t11?,15-/m1/s1. The van der Waals surface area contributed by atoms with Crippen LogP contribution in [0.5, 0.6) is 0 Å². The lowest BCUT2D eigenvalue weighted by Gasteiger charge is -2.50. The fourth-order valence-electron chi connectivity index (χ4n) is 4.35. The van der Waals surface area contributed by atoms with Crippen molar-refractivity contribution in [1.82, 2.24) is 0 Å². The van der Waals surface area contributed by atoms with Gasteiger partial charge in [-0.05, 0) is 13.8 Å². The number of fused-ring (bicyclic) bond motifs is 1. The molecule has 0 aromatic carbocycles. The van der Waals surface area contributed by atoms with E-state index in [0.717, 1.165) is 6.42 Å². The molecule has 2 aliphatic carbocycles. The minimum absolute atomic E-state index is 0.0560. The van der Waals surface area contributed by atoms with Gasteiger partial charge in [0, 0.05) is 24.7 Å². The molecule has 20 heavy (non-hydrogen) atoms. The molecule has 1 unspecified atom stereocenters. The summed E-state index contributed by atoms with van der Waals surface area (Å²) in [4.78, 5) is 16.0. The third-order valence-electron chi connectivity index (χ3n) is 5.13. The van der Waals surface area contributed by atoms with Crippen LogP contribution < -0.4 is 0 Å². The summed E-state index contributed by atoms with van der Waals surface area (Å²) in [6, 6.07) is -0.538. The van der Waals surface area contributed by atoms with Gasteiger partial charge in [-0.1, -0.05) is 18.6 Å². The second-order valence-electron chi connectivity index (χ2n) is 7.01. The van der Waals surface area contributed by atoms with Gasteiger partial charge < -0.3 is 14.3 Å². The van der Waals surface area contributed by atoms with Crippen LogP contribution in [0.25, 0.3) is 4.85 Å². The molecule has 1 saturated carbocycles. The van der Waals surface area contributed by atoms with Crippen molar-refractivity contribution in [2.24, 2.45) is 10.8 Å². The number of ketones is 1. The van der Waals surface area contributed by atoms with E-state index in [2.05, 4.69) is 17.8 Å². The molecule has 1 spiro atoms. The zero-order valence-corrected chi connectivity index (χ0v) is 12.4. The van der Waals surface area contributed by atoms with Crippen LogP contribution in [0.2, 0.25) is 0 Å². The van der Waals surface area contributed by atoms with Crippen LogP contribution in [0.1, 0.15) is 40.0 Å². The normalized spacial score (nSPS) is 38.2. The molecule has 108 valence electrons. The fourth-order valence-corrected chi connectivity index (χ4v) is 4.35. The van der Waals surface area contributed by atoms with Crippen molar-refractivity contribution in [2.45, 2.75) is 51.9 Å². The Morgan fingerprint density at radius 1 is 1.30 bits per heavy atom. The van der Waals surface area contributed by atoms with Crippen molar-refractivity contribution in [2.75, 3.05) is 13.2 Å². The minimum atomic E-state index is -0.553. The van der Waals surface area contributed by atoms with E-state index in [1.165, 1.54) is 5.57 Å². The maximum absolute atomic E-state index is 12.5. The molecule has 1 saturated heterocycles. The molecule has 0 aromatic heterocycles. The lowest BCUT2D eigenvalue weighted by atomic mass is 9.54. The van der Waals surface area contributed by atoms with Gasteiger partial charge >= 0.3 is 0 Å². The summed E-state index contributed by atoms with van der Waals surface area (Å²) in [6.45, 7) is 14.6. The molecule has 0 amide bonds. The first kappa shape index (κ1) is 13.8. The second-order valence-corrected chi connectivity index (χ2v) is 7.01. The Hall–Kier alpha value is -1.18. The van der Waals surface area contributed by atoms with Gasteiger partial charge in [0.25, 0.3) is 6.04 Å². The summed E-state index contributed by atoms with van der Waals surface area (Å²) in [6.07, 6.45) is 4.16. The molecule has 3 rings (SSSR count). The highest BCUT2D eigenvalue weighted by Crippen LogP contribution is 2.57. The first-order valence-electron chi connectivity index (χ1n) is 7.23. The Morgan fingerprint density at radius 3 is 2.55 bits per heavy atom. The number of allylic oxidation sites excluding steroid dienone is 1. The summed E-state index contributed by atoms with van der Waals surface area (Å²) in [5.41, 5.74) is 0.428. The predicted octanol–water partition coefficient (Wildman–Crippen LogP) is 2.74. The third-order valence-corrected chi connectivity index (χ3v) is 5.13. The Morgan fingerprint density at radius 2 is 1.95 bits per heavy atom. The highest BCUT2D eigenvalue weighted by molar-refractivity contribution is 5.94. The molecule has 0 aromatic rings. The maximum Gasteiger partial charge on any atom is 0.282 e. The van der Waals surface area contributed by atoms with E-state index < -0.39 is 17.2 Å². The van der Waals surface area contributed by atoms with Crippen LogP contribution in [0.3, 0.4) is 0 Å². The van der Waals surface area contributed by atoms with Gasteiger partial charge in [-0.3, -0.25) is 4.79 Å². The van der Waals surface area contributed by atoms with Crippen LogP contribution in [-0.2, 0) is 14.3 Å². The first-order valence-corrected chi connectivity index (χ1v) is 7.23. The van der Waals surface area contributed by atoms with Crippen molar-refractivity contribution < 1.29 is 14.3 Å². The van der Waals surface area contributed by atoms with Crippen LogP contribution >= 0.6 is 0 Å². The van der Waals surface area contributed by atoms with E-state index in [0.29, 0.717) is 26.1 Å². The van der Waals surface area contributed by atoms with Gasteiger partial charge in [-0.15, -0.1) is 0 Å². The molecule has 2 atom stereocenters. The van der Waals surface area contributed by atoms with Gasteiger partial charge in [-0.25, -0.2) is 6.57 Å². The maximum atomic E-state index is 12.5. The summed E-state index contributed by atoms with van der Waals surface area (Å²) in [5.74, 6) is -0.471. The molecule has 0 bridgehead atoms. The van der Waals surface area contributed by atoms with E-state index >= 15 is 0 Å². The summed E-state index contributed by atoms with van der Waals surface area (Å²) in [7, 11) is 0. The number of Topliss-reactive ketones (excluding diaryl/α,β-unsaturated/α-hetero) is 1. The van der Waals surface area contributed by atoms with Crippen molar-refractivity contribution in [3.8, 4) is 0 Å². The predicted molar refractivity (Wildman–Crippen MR) is 73.9 cm³/mol. The molecule has 2 fully saturated rings. The quantitative estimate of drug-likeness (QED) is 0.504. The third kappa shape index (κ3) is 1.77. The average Bonchev–Trinajstić information content (AvgIpc) is 2.81. The van der Waals surface area contributed by atoms with Gasteiger partial charge in [0.05, 0.1) is 18.6 Å². The molecule has 3 aliphatic rings. The largest absolute Gasteiger partial charge is 0.347 e. The van der Waals surface area contributed by atoms with Gasteiger partial charge in [0.15, 0.2) is 5.79 Å². The Bertz CT molecular complexity index is 522. The Balaban J connectivity index is 2.03. The fraction of sp³-hybridized carbons (Fsp3) is 0.750. The Labute approximate surface area is 119 Å². The molecule has 1 aliphatic heterocycles. The zero-order chi connectivity index (χ0) is 14.6. The number of rotatable bonds is 0. The van der Waals surface area contributed by atoms with Crippen molar-refractivity contribution in [1.29, 1.82) is 0 Å². The highest BCUT2D eigenvalue weighted by Gasteiger charge is 2.59. The molecule has 1 heterocycles. The lowest BCUT2D eigenvalue weighted by molar-refractivity contribution is -0.183. The average molecular weight is 275 g/mol. The van der Waals surface area contributed by atoms with E-state index in [4.69, 9.17) is 16.0 Å². The number of carbonyl (C=O) groups excluding carboxylic acids is 1. The van der Waals surface area contributed by atoms with Crippen LogP contribution in [0, 0.1) is 17.4 Å². The monoisotopic (exact) mass is 275 g/mol. The number of ether oxygens (including phenoxy) is 2. The molecule has 0 radical (unpaired) electrons. The Kier molecular flexibility index (Phi) is 2.87. The topological polar surface area (TPSA) is 39.9 Å². The molecular weight excluding hydrogens is 254 g/mol. The molecular formula is C16H21NO3. The van der Waals surface area contributed by atoms with Crippen molar-refractivity contribution >= 4 is 5.78 Å². The van der Waals surface area contributed by atoms with Crippen LogP contribution in [0.15, 0.2) is 11.6 Å². The SMILES string of the molecule is [C-]#[N+]C1C[C@]2(C)CC3(CC=C2C(C)(C)C1=O)OCCO3. The summed E-state index contributed by atoms with van der Waals surface area (Å²) >= 11 is 0. The number of hydrogen-bond donors (Lipinski definition) is 0. The number of carbonyl (C=O) groups is 1. The minimum Gasteiger partial charge on any atom is -0.347 e. The number of hydrogen-bond acceptors (Lipinski definition) is 3. The summed E-state index contributed by atoms with van der Waals surface area (Å²) in [5, 5.41) is 0. The van der Waals surface area contributed by atoms with E-state index in [-0.39, 0.29) is 11.2 Å². The van der Waals surface area contributed by atoms with Gasteiger partial charge in [0.2, 0.25) is 5.78 Å². The molecule has 4 heteroatoms. The van der Waals surface area contributed by atoms with E-state index in [1.54, 1.807) is 0 Å². The van der Waals surface area contributed by atoms with Gasteiger partial charge in [0.1, 0.15) is 0 Å². The zero-order valence-electron chi connectivity index (χ0n) is 12.4. The van der Waals surface area contributed by atoms with Gasteiger partial charge in [-0.2, -0.15) is 0 Å². The summed E-state index contributed by atoms with van der Waals surface area (Å²) < 4.78 is 11.7. The highest BCUT2D eigenvalue weighted by atomic mass is 16.7. The number of nitrogens with zero attached hydrogens (tertiary/aromatic N) is 1. The first-order chi connectivity index (χ1) is 9.33. The van der Waals surface area contributed by atoms with Crippen molar-refractivity contribution in [3.63, 3.8) is 0 Å². The van der Waals surface area contributed by atoms with Crippen LogP contribution in [0.4, 0.5) is 0 Å². The van der Waals surface area contributed by atoms with E-state index in [9.17, 15) is 4.79 Å². The smallest absolute Gasteiger partial charge is 0.282 e. The van der Waals surface area contributed by atoms with Crippen molar-refractivity contribution in [3.05, 3.63) is 23.1 Å². The van der Waals surface area contributed by atoms with E-state index in [1.807, 2.05) is 13.8 Å². The lowest BCUT2D eigenvalue weighted by Crippen LogP contribution is -2.53. The second kappa shape index (κ2) is 4.16. The van der Waals surface area contributed by atoms with Crippen LogP contribution in [-0.4, -0.2) is 30.8 Å². The molecule has 0 N–H and O–H groups in total. The molecule has 4 nitrogen and oxygen atoms in total.